The van der Waals surface area contributed by atoms with E-state index in [9.17, 15) is 0 Å². The summed E-state index contributed by atoms with van der Waals surface area (Å²) in [5.41, 5.74) is 8.68. The first kappa shape index (κ1) is 14.7. The Hall–Kier alpha value is -1.74. The quantitative estimate of drug-likeness (QED) is 0.912. The number of halogens is 1. The van der Waals surface area contributed by atoms with Gasteiger partial charge in [0, 0.05) is 16.8 Å². The van der Waals surface area contributed by atoms with Crippen LogP contribution in [0.5, 0.6) is 5.75 Å². The fourth-order valence-electron chi connectivity index (χ4n) is 1.95. The van der Waals surface area contributed by atoms with Gasteiger partial charge in [0.1, 0.15) is 18.2 Å². The molecular weight excluding hydrogens is 272 g/mol. The van der Waals surface area contributed by atoms with Crippen LogP contribution in [0.15, 0.2) is 30.5 Å². The minimum Gasteiger partial charge on any atom is -0.489 e. The van der Waals surface area contributed by atoms with Crippen LogP contribution in [0.2, 0.25) is 5.02 Å². The number of hydrogen-bond donors (Lipinski definition) is 1. The highest BCUT2D eigenvalue weighted by molar-refractivity contribution is 6.31. The maximum Gasteiger partial charge on any atom is 0.123 e. The van der Waals surface area contributed by atoms with E-state index in [1.807, 2.05) is 25.1 Å². The fraction of sp³-hybridized carbons (Fsp3) is 0.312. The molecule has 2 aromatic rings. The summed E-state index contributed by atoms with van der Waals surface area (Å²) in [5.74, 6) is 1.73. The van der Waals surface area contributed by atoms with Crippen molar-refractivity contribution in [1.82, 2.24) is 4.98 Å². The molecule has 0 saturated heterocycles. The van der Waals surface area contributed by atoms with Crippen molar-refractivity contribution in [2.45, 2.75) is 33.3 Å². The van der Waals surface area contributed by atoms with Crippen LogP contribution in [0.3, 0.4) is 0 Å². The Labute approximate surface area is 124 Å². The van der Waals surface area contributed by atoms with E-state index < -0.39 is 0 Å². The van der Waals surface area contributed by atoms with Gasteiger partial charge in [0.05, 0.1) is 0 Å². The molecule has 0 spiro atoms. The van der Waals surface area contributed by atoms with Crippen molar-refractivity contribution in [3.05, 3.63) is 52.2 Å². The van der Waals surface area contributed by atoms with Gasteiger partial charge in [-0.3, -0.25) is 0 Å². The number of anilines is 1. The smallest absolute Gasteiger partial charge is 0.123 e. The number of nitrogen functional groups attached to an aromatic ring is 1. The van der Waals surface area contributed by atoms with Crippen LogP contribution < -0.4 is 10.5 Å². The number of hydrogen-bond acceptors (Lipinski definition) is 3. The topological polar surface area (TPSA) is 48.1 Å². The molecule has 0 aliphatic carbocycles. The van der Waals surface area contributed by atoms with Gasteiger partial charge in [-0.1, -0.05) is 31.5 Å². The number of aryl methyl sites for hydroxylation is 1. The van der Waals surface area contributed by atoms with Gasteiger partial charge in [-0.05, 0) is 42.2 Å². The monoisotopic (exact) mass is 290 g/mol. The maximum atomic E-state index is 6.25. The summed E-state index contributed by atoms with van der Waals surface area (Å²) in [6.07, 6.45) is 1.73. The molecule has 0 aliphatic rings. The van der Waals surface area contributed by atoms with E-state index in [0.717, 1.165) is 27.5 Å². The van der Waals surface area contributed by atoms with Crippen molar-refractivity contribution in [3.63, 3.8) is 0 Å². The highest BCUT2D eigenvalue weighted by Crippen LogP contribution is 2.31. The van der Waals surface area contributed by atoms with Gasteiger partial charge in [0.2, 0.25) is 0 Å². The van der Waals surface area contributed by atoms with Gasteiger partial charge < -0.3 is 10.5 Å². The normalized spacial score (nSPS) is 10.8. The minimum atomic E-state index is 0.364. The standard InChI is InChI=1S/C16H19ClN2O/c1-10(2)13-7-15(11(3)6-14(13)17)20-9-12-4-5-16(18)19-8-12/h4-8,10H,9H2,1-3H3,(H2,18,19). The second kappa shape index (κ2) is 6.14. The first-order chi connectivity index (χ1) is 9.47. The zero-order chi connectivity index (χ0) is 14.7. The largest absolute Gasteiger partial charge is 0.489 e. The molecule has 0 bridgehead atoms. The van der Waals surface area contributed by atoms with E-state index >= 15 is 0 Å². The summed E-state index contributed by atoms with van der Waals surface area (Å²) in [5, 5.41) is 0.791. The predicted molar refractivity (Wildman–Crippen MR) is 83.3 cm³/mol. The first-order valence-electron chi connectivity index (χ1n) is 6.60. The van der Waals surface area contributed by atoms with E-state index in [2.05, 4.69) is 18.8 Å². The van der Waals surface area contributed by atoms with Crippen LogP contribution in [0, 0.1) is 6.92 Å². The molecule has 106 valence electrons. The Bertz CT molecular complexity index is 594. The van der Waals surface area contributed by atoms with Crippen molar-refractivity contribution in [1.29, 1.82) is 0 Å². The molecular formula is C16H19ClN2O. The first-order valence-corrected chi connectivity index (χ1v) is 6.98. The molecule has 0 saturated carbocycles. The molecule has 3 nitrogen and oxygen atoms in total. The van der Waals surface area contributed by atoms with Crippen LogP contribution in [0.1, 0.15) is 36.5 Å². The molecule has 0 radical (unpaired) electrons. The summed E-state index contributed by atoms with van der Waals surface area (Å²) in [4.78, 5) is 4.05. The molecule has 0 unspecified atom stereocenters. The maximum absolute atomic E-state index is 6.25. The van der Waals surface area contributed by atoms with Gasteiger partial charge >= 0.3 is 0 Å². The summed E-state index contributed by atoms with van der Waals surface area (Å²) in [7, 11) is 0. The Morgan fingerprint density at radius 2 is 2.05 bits per heavy atom. The fourth-order valence-corrected chi connectivity index (χ4v) is 2.39. The molecule has 2 N–H and O–H groups in total. The number of rotatable bonds is 4. The zero-order valence-corrected chi connectivity index (χ0v) is 12.7. The van der Waals surface area contributed by atoms with E-state index in [4.69, 9.17) is 22.1 Å². The number of nitrogens with zero attached hydrogens (tertiary/aromatic N) is 1. The number of ether oxygens (including phenoxy) is 1. The number of nitrogens with two attached hydrogens (primary N) is 1. The minimum absolute atomic E-state index is 0.364. The van der Waals surface area contributed by atoms with Crippen molar-refractivity contribution in [2.24, 2.45) is 0 Å². The number of pyridine rings is 1. The second-order valence-corrected chi connectivity index (χ2v) is 5.58. The number of benzene rings is 1. The zero-order valence-electron chi connectivity index (χ0n) is 12.0. The van der Waals surface area contributed by atoms with Crippen LogP contribution in [0.25, 0.3) is 0 Å². The molecule has 1 aromatic heterocycles. The lowest BCUT2D eigenvalue weighted by Gasteiger charge is -2.14. The molecule has 0 amide bonds. The third-order valence-corrected chi connectivity index (χ3v) is 3.49. The van der Waals surface area contributed by atoms with Gasteiger partial charge in [-0.2, -0.15) is 0 Å². The molecule has 0 aliphatic heterocycles. The van der Waals surface area contributed by atoms with Crippen molar-refractivity contribution in [3.8, 4) is 5.75 Å². The molecule has 0 atom stereocenters. The Balaban J connectivity index is 2.16. The summed E-state index contributed by atoms with van der Waals surface area (Å²) >= 11 is 6.25. The Morgan fingerprint density at radius 1 is 1.30 bits per heavy atom. The van der Waals surface area contributed by atoms with Crippen molar-refractivity contribution < 1.29 is 4.74 Å². The third kappa shape index (κ3) is 3.42. The lowest BCUT2D eigenvalue weighted by Crippen LogP contribution is -2.00. The van der Waals surface area contributed by atoms with Crippen LogP contribution >= 0.6 is 11.6 Å². The third-order valence-electron chi connectivity index (χ3n) is 3.16. The van der Waals surface area contributed by atoms with E-state index in [1.54, 1.807) is 12.3 Å². The van der Waals surface area contributed by atoms with E-state index in [0.29, 0.717) is 18.3 Å². The van der Waals surface area contributed by atoms with Gasteiger partial charge in [0.25, 0.3) is 0 Å². The van der Waals surface area contributed by atoms with Crippen LogP contribution in [0.4, 0.5) is 5.82 Å². The average Bonchev–Trinajstić information content (AvgIpc) is 2.39. The SMILES string of the molecule is Cc1cc(Cl)c(C(C)C)cc1OCc1ccc(N)nc1. The van der Waals surface area contributed by atoms with E-state index in [-0.39, 0.29) is 0 Å². The van der Waals surface area contributed by atoms with Crippen molar-refractivity contribution >= 4 is 17.4 Å². The van der Waals surface area contributed by atoms with Gasteiger partial charge in [-0.25, -0.2) is 4.98 Å². The molecule has 2 rings (SSSR count). The molecule has 1 heterocycles. The average molecular weight is 291 g/mol. The Morgan fingerprint density at radius 3 is 2.65 bits per heavy atom. The molecule has 0 fully saturated rings. The number of aromatic nitrogens is 1. The highest BCUT2D eigenvalue weighted by Gasteiger charge is 2.10. The predicted octanol–water partition coefficient (Wildman–Crippen LogP) is 4.33. The lowest BCUT2D eigenvalue weighted by atomic mass is 10.0. The van der Waals surface area contributed by atoms with Crippen LogP contribution in [-0.4, -0.2) is 4.98 Å². The van der Waals surface area contributed by atoms with Gasteiger partial charge in [0.15, 0.2) is 0 Å². The van der Waals surface area contributed by atoms with E-state index in [1.165, 1.54) is 0 Å². The summed E-state index contributed by atoms with van der Waals surface area (Å²) < 4.78 is 5.87. The molecule has 4 heteroatoms. The van der Waals surface area contributed by atoms with Gasteiger partial charge in [-0.15, -0.1) is 0 Å². The highest BCUT2D eigenvalue weighted by atomic mass is 35.5. The second-order valence-electron chi connectivity index (χ2n) is 5.17. The molecule has 20 heavy (non-hydrogen) atoms. The summed E-state index contributed by atoms with van der Waals surface area (Å²) in [6.45, 7) is 6.69. The lowest BCUT2D eigenvalue weighted by molar-refractivity contribution is 0.303. The summed E-state index contributed by atoms with van der Waals surface area (Å²) in [6, 6.07) is 7.66. The Kier molecular flexibility index (Phi) is 4.50. The van der Waals surface area contributed by atoms with Crippen LogP contribution in [-0.2, 0) is 6.61 Å². The van der Waals surface area contributed by atoms with Crippen molar-refractivity contribution in [2.75, 3.05) is 5.73 Å². The molecule has 1 aromatic carbocycles.